The Morgan fingerprint density at radius 1 is 1.38 bits per heavy atom. The Balaban J connectivity index is 1.65. The number of fused-ring (bicyclic) bond motifs is 1. The number of rotatable bonds is 3. The Bertz CT molecular complexity index is 382. The molecular formula is C14H20N2. The molecule has 86 valence electrons. The molecule has 2 heteroatoms. The van der Waals surface area contributed by atoms with Gasteiger partial charge in [-0.2, -0.15) is 0 Å². The van der Waals surface area contributed by atoms with E-state index in [0.717, 1.165) is 13.1 Å². The van der Waals surface area contributed by atoms with Crippen LogP contribution in [0.3, 0.4) is 0 Å². The second-order valence-corrected chi connectivity index (χ2v) is 5.46. The van der Waals surface area contributed by atoms with Crippen molar-refractivity contribution in [3.05, 3.63) is 29.8 Å². The van der Waals surface area contributed by atoms with Crippen LogP contribution >= 0.6 is 0 Å². The van der Waals surface area contributed by atoms with Gasteiger partial charge >= 0.3 is 0 Å². The molecule has 2 aliphatic rings. The molecule has 3 rings (SSSR count). The smallest absolute Gasteiger partial charge is 0.0376 e. The fourth-order valence-electron chi connectivity index (χ4n) is 2.79. The molecule has 0 amide bonds. The zero-order chi connectivity index (χ0) is 11.0. The van der Waals surface area contributed by atoms with Crippen LogP contribution in [-0.2, 0) is 0 Å². The molecule has 0 saturated heterocycles. The molecule has 1 fully saturated rings. The quantitative estimate of drug-likeness (QED) is 0.812. The molecule has 0 spiro atoms. The predicted molar refractivity (Wildman–Crippen MR) is 67.9 cm³/mol. The van der Waals surface area contributed by atoms with Crippen LogP contribution in [0.25, 0.3) is 0 Å². The first-order valence-electron chi connectivity index (χ1n) is 6.35. The summed E-state index contributed by atoms with van der Waals surface area (Å²) in [4.78, 5) is 0. The van der Waals surface area contributed by atoms with Crippen LogP contribution in [0.4, 0.5) is 5.69 Å². The van der Waals surface area contributed by atoms with Crippen LogP contribution in [0.1, 0.15) is 37.7 Å². The van der Waals surface area contributed by atoms with Crippen LogP contribution in [-0.4, -0.2) is 18.6 Å². The molecule has 1 saturated carbocycles. The highest BCUT2D eigenvalue weighted by atomic mass is 15.0. The molecule has 0 radical (unpaired) electrons. The van der Waals surface area contributed by atoms with Gasteiger partial charge in [0.15, 0.2) is 0 Å². The average molecular weight is 216 g/mol. The molecule has 1 aromatic carbocycles. The Morgan fingerprint density at radius 2 is 2.19 bits per heavy atom. The van der Waals surface area contributed by atoms with Crippen molar-refractivity contribution in [3.63, 3.8) is 0 Å². The third-order valence-electron chi connectivity index (χ3n) is 4.17. The predicted octanol–water partition coefficient (Wildman–Crippen LogP) is 2.73. The van der Waals surface area contributed by atoms with Gasteiger partial charge in [-0.25, -0.2) is 0 Å². The van der Waals surface area contributed by atoms with E-state index in [2.05, 4.69) is 41.8 Å². The van der Waals surface area contributed by atoms with Crippen LogP contribution in [0.15, 0.2) is 24.3 Å². The maximum Gasteiger partial charge on any atom is 0.0376 e. The summed E-state index contributed by atoms with van der Waals surface area (Å²) < 4.78 is 0. The van der Waals surface area contributed by atoms with Gasteiger partial charge in [-0.1, -0.05) is 18.2 Å². The fourth-order valence-corrected chi connectivity index (χ4v) is 2.79. The van der Waals surface area contributed by atoms with Crippen LogP contribution in [0.2, 0.25) is 0 Å². The van der Waals surface area contributed by atoms with E-state index in [9.17, 15) is 0 Å². The number of nitrogens with one attached hydrogen (secondary N) is 2. The lowest BCUT2D eigenvalue weighted by molar-refractivity contribution is 0.206. The monoisotopic (exact) mass is 216 g/mol. The van der Waals surface area contributed by atoms with E-state index >= 15 is 0 Å². The summed E-state index contributed by atoms with van der Waals surface area (Å²) in [6.07, 6.45) is 4.08. The summed E-state index contributed by atoms with van der Waals surface area (Å²) in [5, 5.41) is 7.22. The van der Waals surface area contributed by atoms with Gasteiger partial charge in [0, 0.05) is 30.2 Å². The normalized spacial score (nSPS) is 25.7. The van der Waals surface area contributed by atoms with Crippen molar-refractivity contribution < 1.29 is 0 Å². The maximum atomic E-state index is 3.74. The van der Waals surface area contributed by atoms with E-state index in [0.29, 0.717) is 11.5 Å². The number of para-hydroxylation sites is 1. The second kappa shape index (κ2) is 3.77. The van der Waals surface area contributed by atoms with Crippen molar-refractivity contribution in [2.24, 2.45) is 0 Å². The lowest BCUT2D eigenvalue weighted by atomic mass is 9.78. The number of hydrogen-bond donors (Lipinski definition) is 2. The molecule has 1 atom stereocenters. The van der Waals surface area contributed by atoms with Gasteiger partial charge in [0.1, 0.15) is 0 Å². The van der Waals surface area contributed by atoms with Gasteiger partial charge < -0.3 is 10.6 Å². The first-order valence-corrected chi connectivity index (χ1v) is 6.35. The molecule has 1 aromatic rings. The first kappa shape index (κ1) is 10.2. The Labute approximate surface area is 97.4 Å². The lowest BCUT2D eigenvalue weighted by Crippen LogP contribution is -2.49. The van der Waals surface area contributed by atoms with Crippen molar-refractivity contribution in [1.82, 2.24) is 5.32 Å². The van der Waals surface area contributed by atoms with E-state index in [1.165, 1.54) is 30.5 Å². The van der Waals surface area contributed by atoms with Crippen molar-refractivity contribution in [2.75, 3.05) is 18.4 Å². The minimum Gasteiger partial charge on any atom is -0.384 e. The third kappa shape index (κ3) is 1.71. The standard InChI is InChI=1S/C14H20N2/c1-14(7-4-8-14)16-10-11-9-15-13-6-3-2-5-12(11)13/h2-3,5-6,11,15-16H,4,7-10H2,1H3. The number of benzene rings is 1. The molecule has 16 heavy (non-hydrogen) atoms. The number of hydrogen-bond acceptors (Lipinski definition) is 2. The highest BCUT2D eigenvalue weighted by Crippen LogP contribution is 2.34. The summed E-state index contributed by atoms with van der Waals surface area (Å²) in [6.45, 7) is 4.55. The van der Waals surface area contributed by atoms with E-state index in [1.807, 2.05) is 0 Å². The minimum absolute atomic E-state index is 0.428. The molecule has 1 aliphatic carbocycles. The molecule has 0 aromatic heterocycles. The Morgan fingerprint density at radius 3 is 2.94 bits per heavy atom. The van der Waals surface area contributed by atoms with E-state index in [4.69, 9.17) is 0 Å². The maximum absolute atomic E-state index is 3.74. The highest BCUT2D eigenvalue weighted by Gasteiger charge is 2.32. The first-order chi connectivity index (χ1) is 7.77. The average Bonchev–Trinajstić information content (AvgIpc) is 2.67. The zero-order valence-corrected chi connectivity index (χ0v) is 9.92. The van der Waals surface area contributed by atoms with Crippen molar-refractivity contribution >= 4 is 5.69 Å². The van der Waals surface area contributed by atoms with E-state index in [-0.39, 0.29) is 0 Å². The van der Waals surface area contributed by atoms with E-state index in [1.54, 1.807) is 0 Å². The van der Waals surface area contributed by atoms with Gasteiger partial charge in [0.25, 0.3) is 0 Å². The van der Waals surface area contributed by atoms with Crippen LogP contribution in [0.5, 0.6) is 0 Å². The summed E-state index contributed by atoms with van der Waals surface area (Å²) >= 11 is 0. The molecule has 2 nitrogen and oxygen atoms in total. The van der Waals surface area contributed by atoms with Gasteiger partial charge in [0.05, 0.1) is 0 Å². The summed E-state index contributed by atoms with van der Waals surface area (Å²) in [5.74, 6) is 0.647. The van der Waals surface area contributed by atoms with Gasteiger partial charge in [-0.15, -0.1) is 0 Å². The molecule has 1 unspecified atom stereocenters. The lowest BCUT2D eigenvalue weighted by Gasteiger charge is -2.40. The molecule has 0 bridgehead atoms. The van der Waals surface area contributed by atoms with Crippen molar-refractivity contribution in [3.8, 4) is 0 Å². The topological polar surface area (TPSA) is 24.1 Å². The third-order valence-corrected chi connectivity index (χ3v) is 4.17. The minimum atomic E-state index is 0.428. The Kier molecular flexibility index (Phi) is 2.40. The van der Waals surface area contributed by atoms with Crippen LogP contribution < -0.4 is 10.6 Å². The molecule has 1 aliphatic heterocycles. The van der Waals surface area contributed by atoms with Crippen LogP contribution in [0, 0.1) is 0 Å². The van der Waals surface area contributed by atoms with Gasteiger partial charge in [-0.3, -0.25) is 0 Å². The van der Waals surface area contributed by atoms with Gasteiger partial charge in [0.2, 0.25) is 0 Å². The fraction of sp³-hybridized carbons (Fsp3) is 0.571. The van der Waals surface area contributed by atoms with Crippen molar-refractivity contribution in [1.29, 1.82) is 0 Å². The SMILES string of the molecule is CC1(NCC2CNc3ccccc32)CCC1. The molecule has 1 heterocycles. The Hall–Kier alpha value is -1.02. The highest BCUT2D eigenvalue weighted by molar-refractivity contribution is 5.57. The molecule has 2 N–H and O–H groups in total. The number of anilines is 1. The second-order valence-electron chi connectivity index (χ2n) is 5.46. The van der Waals surface area contributed by atoms with Crippen molar-refractivity contribution in [2.45, 2.75) is 37.6 Å². The summed E-state index contributed by atoms with van der Waals surface area (Å²) in [6, 6.07) is 8.68. The van der Waals surface area contributed by atoms with Gasteiger partial charge in [-0.05, 0) is 37.8 Å². The largest absolute Gasteiger partial charge is 0.384 e. The summed E-state index contributed by atoms with van der Waals surface area (Å²) in [5.41, 5.74) is 3.24. The van der Waals surface area contributed by atoms with E-state index < -0.39 is 0 Å². The zero-order valence-electron chi connectivity index (χ0n) is 9.92. The molecular weight excluding hydrogens is 196 g/mol. The summed E-state index contributed by atoms with van der Waals surface area (Å²) in [7, 11) is 0.